The molecule has 0 aromatic heterocycles. The predicted molar refractivity (Wildman–Crippen MR) is 48.2 cm³/mol. The Morgan fingerprint density at radius 2 is 1.91 bits per heavy atom. The molecule has 11 heavy (non-hydrogen) atoms. The minimum atomic E-state index is -0.714. The molecule has 0 spiro atoms. The Kier molecular flexibility index (Phi) is 3.03. The lowest BCUT2D eigenvalue weighted by Crippen LogP contribution is -1.91. The van der Waals surface area contributed by atoms with Crippen LogP contribution < -0.4 is 0 Å². The van der Waals surface area contributed by atoms with Crippen molar-refractivity contribution in [2.24, 2.45) is 0 Å². The van der Waals surface area contributed by atoms with Crippen molar-refractivity contribution in [2.75, 3.05) is 0 Å². The zero-order valence-corrected chi connectivity index (χ0v) is 6.75. The Labute approximate surface area is 71.5 Å². The summed E-state index contributed by atoms with van der Waals surface area (Å²) < 4.78 is 0. The van der Waals surface area contributed by atoms with Crippen molar-refractivity contribution in [2.45, 2.75) is 6.10 Å². The van der Waals surface area contributed by atoms with E-state index in [1.165, 1.54) is 0 Å². The molecule has 2 heteroatoms. The lowest BCUT2D eigenvalue weighted by Gasteiger charge is -2.00. The first kappa shape index (κ1) is 8.19. The van der Waals surface area contributed by atoms with Crippen molar-refractivity contribution < 1.29 is 5.11 Å². The second-order valence-electron chi connectivity index (χ2n) is 2.07. The highest BCUT2D eigenvalue weighted by atomic mass is 32.1. The van der Waals surface area contributed by atoms with E-state index in [1.54, 1.807) is 0 Å². The van der Waals surface area contributed by atoms with E-state index in [2.05, 4.69) is 23.8 Å². The van der Waals surface area contributed by atoms with Crippen molar-refractivity contribution in [1.29, 1.82) is 0 Å². The van der Waals surface area contributed by atoms with Gasteiger partial charge in [-0.2, -0.15) is 0 Å². The smallest absolute Gasteiger partial charge is 0.141 e. The summed E-state index contributed by atoms with van der Waals surface area (Å²) in [5.41, 5.74) is 0.800. The first-order valence-corrected chi connectivity index (χ1v) is 3.67. The minimum Gasteiger partial charge on any atom is -0.376 e. The maximum Gasteiger partial charge on any atom is 0.141 e. The standard InChI is InChI=1S/C9H8OS/c10-9(6-7-11)8-4-2-1-3-5-8/h1-5,9-11H. The van der Waals surface area contributed by atoms with Gasteiger partial charge in [-0.25, -0.2) is 0 Å². The molecule has 0 fully saturated rings. The summed E-state index contributed by atoms with van der Waals surface area (Å²) in [6.45, 7) is 0. The Morgan fingerprint density at radius 1 is 1.27 bits per heavy atom. The molecule has 0 saturated carbocycles. The highest BCUT2D eigenvalue weighted by Gasteiger charge is 1.99. The average molecular weight is 164 g/mol. The van der Waals surface area contributed by atoms with Gasteiger partial charge in [0.05, 0.1) is 0 Å². The fraction of sp³-hybridized carbons (Fsp3) is 0.111. The number of benzene rings is 1. The van der Waals surface area contributed by atoms with Crippen LogP contribution in [0.15, 0.2) is 30.3 Å². The Morgan fingerprint density at radius 3 is 2.45 bits per heavy atom. The molecular weight excluding hydrogens is 156 g/mol. The van der Waals surface area contributed by atoms with E-state index in [0.29, 0.717) is 0 Å². The topological polar surface area (TPSA) is 20.2 Å². The Hall–Kier alpha value is -0.910. The van der Waals surface area contributed by atoms with Crippen LogP contribution in [-0.2, 0) is 0 Å². The summed E-state index contributed by atoms with van der Waals surface area (Å²) in [6, 6.07) is 9.26. The van der Waals surface area contributed by atoms with E-state index in [-0.39, 0.29) is 0 Å². The van der Waals surface area contributed by atoms with Crippen LogP contribution in [0.2, 0.25) is 0 Å². The number of thiol groups is 1. The second-order valence-corrected chi connectivity index (χ2v) is 2.29. The van der Waals surface area contributed by atoms with Gasteiger partial charge in [0.15, 0.2) is 0 Å². The van der Waals surface area contributed by atoms with Crippen LogP contribution in [0.5, 0.6) is 0 Å². The van der Waals surface area contributed by atoms with Crippen LogP contribution in [0.1, 0.15) is 11.7 Å². The summed E-state index contributed by atoms with van der Waals surface area (Å²) in [5.74, 6) is 2.53. The maximum atomic E-state index is 9.30. The SMILES string of the molecule is OC(C#CS)c1ccccc1. The monoisotopic (exact) mass is 164 g/mol. The fourth-order valence-corrected chi connectivity index (χ4v) is 0.902. The zero-order valence-electron chi connectivity index (χ0n) is 5.86. The number of aliphatic hydroxyl groups excluding tert-OH is 1. The van der Waals surface area contributed by atoms with Crippen molar-refractivity contribution in [3.05, 3.63) is 35.9 Å². The first-order valence-electron chi connectivity index (χ1n) is 3.22. The molecule has 0 amide bonds. The first-order chi connectivity index (χ1) is 5.34. The lowest BCUT2D eigenvalue weighted by molar-refractivity contribution is 0.238. The van der Waals surface area contributed by atoms with Crippen molar-refractivity contribution in [3.63, 3.8) is 0 Å². The molecule has 1 rings (SSSR count). The Balaban J connectivity index is 2.82. The molecule has 0 aliphatic rings. The normalized spacial score (nSPS) is 11.5. The summed E-state index contributed by atoms with van der Waals surface area (Å²) >= 11 is 3.69. The molecule has 1 aromatic carbocycles. The largest absolute Gasteiger partial charge is 0.376 e. The van der Waals surface area contributed by atoms with E-state index in [0.717, 1.165) is 5.56 Å². The summed E-state index contributed by atoms with van der Waals surface area (Å²) in [5, 5.41) is 11.7. The molecule has 1 nitrogen and oxygen atoms in total. The van der Waals surface area contributed by atoms with Gasteiger partial charge in [-0.1, -0.05) is 48.9 Å². The summed E-state index contributed by atoms with van der Waals surface area (Å²) in [6.07, 6.45) is -0.714. The molecule has 0 bridgehead atoms. The predicted octanol–water partition coefficient (Wildman–Crippen LogP) is 1.61. The average Bonchev–Trinajstić information content (AvgIpc) is 2.07. The molecule has 1 atom stereocenters. The summed E-state index contributed by atoms with van der Waals surface area (Å²) in [4.78, 5) is 0. The summed E-state index contributed by atoms with van der Waals surface area (Å²) in [7, 11) is 0. The van der Waals surface area contributed by atoms with Crippen LogP contribution in [-0.4, -0.2) is 5.11 Å². The number of hydrogen-bond acceptors (Lipinski definition) is 2. The molecule has 0 heterocycles. The molecule has 0 radical (unpaired) electrons. The molecular formula is C9H8OS. The minimum absolute atomic E-state index is 0.714. The molecule has 0 aliphatic heterocycles. The van der Waals surface area contributed by atoms with Crippen LogP contribution in [0.3, 0.4) is 0 Å². The van der Waals surface area contributed by atoms with Gasteiger partial charge in [-0.05, 0) is 10.8 Å². The van der Waals surface area contributed by atoms with E-state index in [1.807, 2.05) is 30.3 Å². The van der Waals surface area contributed by atoms with Gasteiger partial charge >= 0.3 is 0 Å². The fourth-order valence-electron chi connectivity index (χ4n) is 0.780. The van der Waals surface area contributed by atoms with E-state index < -0.39 is 6.10 Å². The second kappa shape index (κ2) is 4.07. The van der Waals surface area contributed by atoms with Gasteiger partial charge in [0, 0.05) is 0 Å². The quantitative estimate of drug-likeness (QED) is 0.477. The molecule has 0 saturated heterocycles. The van der Waals surface area contributed by atoms with Gasteiger partial charge < -0.3 is 5.11 Å². The van der Waals surface area contributed by atoms with E-state index >= 15 is 0 Å². The van der Waals surface area contributed by atoms with Crippen molar-refractivity contribution in [3.8, 4) is 11.2 Å². The van der Waals surface area contributed by atoms with Crippen LogP contribution >= 0.6 is 12.6 Å². The van der Waals surface area contributed by atoms with E-state index in [9.17, 15) is 5.11 Å². The van der Waals surface area contributed by atoms with Gasteiger partial charge in [-0.15, -0.1) is 0 Å². The molecule has 0 aliphatic carbocycles. The van der Waals surface area contributed by atoms with Crippen LogP contribution in [0, 0.1) is 11.2 Å². The zero-order chi connectivity index (χ0) is 8.10. The maximum absolute atomic E-state index is 9.30. The van der Waals surface area contributed by atoms with Crippen molar-refractivity contribution in [1.82, 2.24) is 0 Å². The van der Waals surface area contributed by atoms with Gasteiger partial charge in [0.25, 0.3) is 0 Å². The van der Waals surface area contributed by atoms with Crippen LogP contribution in [0.25, 0.3) is 0 Å². The molecule has 1 unspecified atom stereocenters. The van der Waals surface area contributed by atoms with Crippen LogP contribution in [0.4, 0.5) is 0 Å². The van der Waals surface area contributed by atoms with Gasteiger partial charge in [0.1, 0.15) is 6.10 Å². The highest BCUT2D eigenvalue weighted by Crippen LogP contribution is 2.09. The van der Waals surface area contributed by atoms with Crippen molar-refractivity contribution >= 4 is 12.6 Å². The number of rotatable bonds is 1. The van der Waals surface area contributed by atoms with Gasteiger partial charge in [-0.3, -0.25) is 0 Å². The number of hydrogen-bond donors (Lipinski definition) is 2. The third-order valence-electron chi connectivity index (χ3n) is 1.32. The third kappa shape index (κ3) is 2.30. The Bertz CT molecular complexity index is 271. The molecule has 1 aromatic rings. The third-order valence-corrected chi connectivity index (χ3v) is 1.45. The van der Waals surface area contributed by atoms with E-state index in [4.69, 9.17) is 0 Å². The lowest BCUT2D eigenvalue weighted by atomic mass is 10.1. The molecule has 56 valence electrons. The van der Waals surface area contributed by atoms with Gasteiger partial charge in [0.2, 0.25) is 0 Å². The highest BCUT2D eigenvalue weighted by molar-refractivity contribution is 7.85. The molecule has 1 N–H and O–H groups in total. The number of aliphatic hydroxyl groups is 1.